The molecule has 0 bridgehead atoms. The molecule has 0 radical (unpaired) electrons. The van der Waals surface area contributed by atoms with Gasteiger partial charge in [-0.15, -0.1) is 11.3 Å². The summed E-state index contributed by atoms with van der Waals surface area (Å²) in [7, 11) is 0. The molecule has 0 fully saturated rings. The zero-order chi connectivity index (χ0) is 24.3. The summed E-state index contributed by atoms with van der Waals surface area (Å²) in [6, 6.07) is 12.0. The first-order valence-corrected chi connectivity index (χ1v) is 15.0. The molecular formula is C24H14Br4N2O2S2. The summed E-state index contributed by atoms with van der Waals surface area (Å²) < 4.78 is 4.31. The average molecular weight is 746 g/mol. The van der Waals surface area contributed by atoms with E-state index in [9.17, 15) is 9.59 Å². The largest absolute Gasteiger partial charge is 0.268 e. The lowest BCUT2D eigenvalue weighted by molar-refractivity contribution is 0.0926. The second kappa shape index (κ2) is 9.44. The fraction of sp³-hybridized carbons (Fsp3) is 0.125. The minimum atomic E-state index is -0.367. The zero-order valence-electron chi connectivity index (χ0n) is 17.7. The van der Waals surface area contributed by atoms with Crippen LogP contribution >= 0.6 is 86.8 Å². The molecule has 0 saturated carbocycles. The minimum Gasteiger partial charge on any atom is -0.268 e. The second-order valence-electron chi connectivity index (χ2n) is 7.80. The van der Waals surface area contributed by atoms with E-state index in [0.29, 0.717) is 34.7 Å². The van der Waals surface area contributed by atoms with Gasteiger partial charge in [-0.1, -0.05) is 35.5 Å². The number of benzene rings is 3. The number of imide groups is 1. The molecule has 4 nitrogen and oxygen atoms in total. The third-order valence-corrected chi connectivity index (χ3v) is 12.5. The van der Waals surface area contributed by atoms with E-state index in [1.165, 1.54) is 21.6 Å². The van der Waals surface area contributed by atoms with Crippen LogP contribution in [0.1, 0.15) is 37.4 Å². The molecule has 0 spiro atoms. The molecule has 1 aliphatic rings. The van der Waals surface area contributed by atoms with Crippen LogP contribution in [0.4, 0.5) is 5.69 Å². The second-order valence-corrected chi connectivity index (χ2v) is 13.2. The third kappa shape index (κ3) is 4.14. The Balaban J connectivity index is 1.46. The summed E-state index contributed by atoms with van der Waals surface area (Å²) in [5.41, 5.74) is 5.86. The number of carbonyl (C=O) groups is 2. The van der Waals surface area contributed by atoms with Gasteiger partial charge in [-0.3, -0.25) is 9.59 Å². The predicted octanol–water partition coefficient (Wildman–Crippen LogP) is 9.06. The molecule has 0 saturated heterocycles. The van der Waals surface area contributed by atoms with Crippen molar-refractivity contribution in [3.8, 4) is 0 Å². The van der Waals surface area contributed by atoms with E-state index in [2.05, 4.69) is 95.8 Å². The van der Waals surface area contributed by atoms with E-state index in [-0.39, 0.29) is 11.8 Å². The first-order valence-electron chi connectivity index (χ1n) is 10.0. The van der Waals surface area contributed by atoms with Crippen LogP contribution in [-0.2, 0) is 5.75 Å². The maximum absolute atomic E-state index is 13.3. The number of nitrogens with zero attached hydrogens (tertiary/aromatic N) is 2. The first-order chi connectivity index (χ1) is 16.2. The minimum absolute atomic E-state index is 0.334. The van der Waals surface area contributed by atoms with Crippen molar-refractivity contribution >= 4 is 115 Å². The zero-order valence-corrected chi connectivity index (χ0v) is 25.7. The van der Waals surface area contributed by atoms with Gasteiger partial charge in [-0.05, 0) is 107 Å². The van der Waals surface area contributed by atoms with Crippen LogP contribution in [-0.4, -0.2) is 16.8 Å². The molecule has 1 aromatic heterocycles. The van der Waals surface area contributed by atoms with E-state index >= 15 is 0 Å². The molecule has 0 unspecified atom stereocenters. The molecule has 0 atom stereocenters. The van der Waals surface area contributed by atoms with Gasteiger partial charge in [0.2, 0.25) is 0 Å². The van der Waals surface area contributed by atoms with Crippen LogP contribution < -0.4 is 4.90 Å². The maximum atomic E-state index is 13.3. The van der Waals surface area contributed by atoms with E-state index in [4.69, 9.17) is 4.98 Å². The molecule has 2 amide bonds. The van der Waals surface area contributed by atoms with Crippen LogP contribution in [0.3, 0.4) is 0 Å². The molecule has 2 heterocycles. The van der Waals surface area contributed by atoms with Gasteiger partial charge in [0.05, 0.1) is 27.0 Å². The number of carbonyl (C=O) groups excluding carboxylic acids is 2. The highest BCUT2D eigenvalue weighted by atomic mass is 79.9. The topological polar surface area (TPSA) is 50.3 Å². The Morgan fingerprint density at radius 1 is 0.882 bits per heavy atom. The number of amides is 2. The summed E-state index contributed by atoms with van der Waals surface area (Å²) in [5, 5.41) is 0. The number of rotatable bonds is 4. The molecule has 1 aliphatic heterocycles. The van der Waals surface area contributed by atoms with Gasteiger partial charge in [0.25, 0.3) is 11.8 Å². The lowest BCUT2D eigenvalue weighted by atomic mass is 10.1. The molecule has 5 rings (SSSR count). The number of aromatic nitrogens is 1. The highest BCUT2D eigenvalue weighted by Gasteiger charge is 2.42. The lowest BCUT2D eigenvalue weighted by Crippen LogP contribution is -2.29. The van der Waals surface area contributed by atoms with Crippen LogP contribution in [0.25, 0.3) is 10.2 Å². The highest BCUT2D eigenvalue weighted by molar-refractivity contribution is 9.15. The Morgan fingerprint density at radius 2 is 1.53 bits per heavy atom. The first kappa shape index (κ1) is 24.6. The van der Waals surface area contributed by atoms with E-state index in [0.717, 1.165) is 20.3 Å². The van der Waals surface area contributed by atoms with E-state index in [1.807, 2.05) is 12.1 Å². The van der Waals surface area contributed by atoms with Crippen molar-refractivity contribution in [3.63, 3.8) is 0 Å². The quantitative estimate of drug-likeness (QED) is 0.0906. The summed E-state index contributed by atoms with van der Waals surface area (Å²) in [6.45, 7) is 4.22. The van der Waals surface area contributed by atoms with Gasteiger partial charge in [-0.2, -0.15) is 0 Å². The Bertz CT molecular complexity index is 1490. The van der Waals surface area contributed by atoms with Crippen LogP contribution in [0, 0.1) is 13.8 Å². The predicted molar refractivity (Wildman–Crippen MR) is 153 cm³/mol. The molecule has 0 N–H and O–H groups in total. The number of aryl methyl sites for hydroxylation is 2. The van der Waals surface area contributed by atoms with Crippen molar-refractivity contribution in [3.05, 3.63) is 82.1 Å². The summed E-state index contributed by atoms with van der Waals surface area (Å²) in [6.07, 6.45) is 0. The lowest BCUT2D eigenvalue weighted by Gasteiger charge is -2.13. The summed E-state index contributed by atoms with van der Waals surface area (Å²) in [4.78, 5) is 32.6. The standard InChI is InChI=1S/C24H14Br4N2O2S2/c1-10-3-4-12(11(2)7-10)9-33-24-29-14-6-5-13(8-15(14)34-24)30-22(31)16-17(23(30)32)19(26)21(28)20(27)18(16)25/h3-8H,9H2,1-2H3. The Hall–Kier alpha value is -1.04. The van der Waals surface area contributed by atoms with Gasteiger partial charge in [-0.25, -0.2) is 9.88 Å². The van der Waals surface area contributed by atoms with Gasteiger partial charge in [0.1, 0.15) is 0 Å². The molecule has 34 heavy (non-hydrogen) atoms. The fourth-order valence-corrected chi connectivity index (χ4v) is 8.46. The normalized spacial score (nSPS) is 13.3. The van der Waals surface area contributed by atoms with Gasteiger partial charge < -0.3 is 0 Å². The SMILES string of the molecule is Cc1ccc(CSc2nc3ccc(N4C(=O)c5c(Br)c(Br)c(Br)c(Br)c5C4=O)cc3s2)c(C)c1. The number of anilines is 1. The van der Waals surface area contributed by atoms with Gasteiger partial charge in [0, 0.05) is 23.6 Å². The number of hydrogen-bond acceptors (Lipinski definition) is 5. The summed E-state index contributed by atoms with van der Waals surface area (Å²) in [5.74, 6) is 0.103. The van der Waals surface area contributed by atoms with Crippen molar-refractivity contribution in [1.82, 2.24) is 4.98 Å². The molecule has 4 aromatic rings. The van der Waals surface area contributed by atoms with E-state index in [1.54, 1.807) is 29.2 Å². The number of hydrogen-bond donors (Lipinski definition) is 0. The maximum Gasteiger partial charge on any atom is 0.267 e. The van der Waals surface area contributed by atoms with Crippen LogP contribution in [0.5, 0.6) is 0 Å². The fourth-order valence-electron chi connectivity index (χ4n) is 3.82. The van der Waals surface area contributed by atoms with E-state index < -0.39 is 0 Å². The number of thiazole rings is 1. The third-order valence-electron chi connectivity index (χ3n) is 5.56. The number of halogens is 4. The molecule has 3 aromatic carbocycles. The monoisotopic (exact) mass is 742 g/mol. The van der Waals surface area contributed by atoms with Gasteiger partial charge in [0.15, 0.2) is 4.34 Å². The molecule has 10 heteroatoms. The highest BCUT2D eigenvalue weighted by Crippen LogP contribution is 2.46. The van der Waals surface area contributed by atoms with Crippen LogP contribution in [0.2, 0.25) is 0 Å². The Kier molecular flexibility index (Phi) is 6.84. The van der Waals surface area contributed by atoms with Gasteiger partial charge >= 0.3 is 0 Å². The van der Waals surface area contributed by atoms with Crippen molar-refractivity contribution in [1.29, 1.82) is 0 Å². The van der Waals surface area contributed by atoms with Crippen molar-refractivity contribution < 1.29 is 9.59 Å². The average Bonchev–Trinajstić information content (AvgIpc) is 3.32. The van der Waals surface area contributed by atoms with Crippen molar-refractivity contribution in [2.75, 3.05) is 4.90 Å². The Labute approximate surface area is 238 Å². The van der Waals surface area contributed by atoms with Crippen molar-refractivity contribution in [2.45, 2.75) is 23.9 Å². The molecule has 172 valence electrons. The number of fused-ring (bicyclic) bond motifs is 2. The smallest absolute Gasteiger partial charge is 0.267 e. The Morgan fingerprint density at radius 3 is 2.15 bits per heavy atom. The number of thioether (sulfide) groups is 1. The molecule has 0 aliphatic carbocycles. The summed E-state index contributed by atoms with van der Waals surface area (Å²) >= 11 is 17.1. The van der Waals surface area contributed by atoms with Crippen molar-refractivity contribution in [2.24, 2.45) is 0 Å². The van der Waals surface area contributed by atoms with Crippen LogP contribution in [0.15, 0.2) is 58.6 Å². The molecular weight excluding hydrogens is 732 g/mol.